The van der Waals surface area contributed by atoms with Gasteiger partial charge in [0, 0.05) is 6.54 Å². The van der Waals surface area contributed by atoms with Crippen molar-refractivity contribution in [2.75, 3.05) is 10.6 Å². The van der Waals surface area contributed by atoms with Gasteiger partial charge in [0.15, 0.2) is 0 Å². The Kier molecular flexibility index (Phi) is 6.91. The molecule has 0 fully saturated rings. The highest BCUT2D eigenvalue weighted by Gasteiger charge is 2.29. The number of hydrogen-bond donors (Lipinski definition) is 1. The van der Waals surface area contributed by atoms with Gasteiger partial charge in [0.1, 0.15) is 23.4 Å². The van der Waals surface area contributed by atoms with Crippen LogP contribution >= 0.6 is 0 Å². The summed E-state index contributed by atoms with van der Waals surface area (Å²) in [6.07, 6.45) is 1.05. The number of anilines is 1. The van der Waals surface area contributed by atoms with Crippen LogP contribution in [0.5, 0.6) is 11.5 Å². The number of carbonyl (C=O) groups excluding carboxylic acids is 1. The average Bonchev–Trinajstić information content (AvgIpc) is 2.74. The van der Waals surface area contributed by atoms with Crippen LogP contribution in [0.15, 0.2) is 78.9 Å². The first kappa shape index (κ1) is 22.3. The van der Waals surface area contributed by atoms with Gasteiger partial charge in [-0.2, -0.15) is 0 Å². The molecule has 3 aromatic carbocycles. The van der Waals surface area contributed by atoms with Crippen molar-refractivity contribution in [2.45, 2.75) is 19.5 Å². The number of ether oxygens (including phenoxy) is 1. The summed E-state index contributed by atoms with van der Waals surface area (Å²) in [6.45, 7) is 1.67. The van der Waals surface area contributed by atoms with Crippen molar-refractivity contribution in [3.8, 4) is 11.5 Å². The van der Waals surface area contributed by atoms with Gasteiger partial charge in [-0.15, -0.1) is 0 Å². The van der Waals surface area contributed by atoms with E-state index in [1.165, 1.54) is 19.1 Å². The second kappa shape index (κ2) is 9.61. The lowest BCUT2D eigenvalue weighted by Crippen LogP contribution is -2.47. The van der Waals surface area contributed by atoms with Gasteiger partial charge in [-0.25, -0.2) is 12.8 Å². The SMILES string of the molecule is C[C@H](C(=O)NCc1ccc(F)cc1)N(c1ccc(Oc2ccccc2)cc1)S(C)(=O)=O. The van der Waals surface area contributed by atoms with Crippen LogP contribution in [0.3, 0.4) is 0 Å². The zero-order valence-corrected chi connectivity index (χ0v) is 18.0. The van der Waals surface area contributed by atoms with Crippen molar-refractivity contribution in [3.05, 3.63) is 90.2 Å². The second-order valence-electron chi connectivity index (χ2n) is 6.99. The topological polar surface area (TPSA) is 75.7 Å². The zero-order valence-electron chi connectivity index (χ0n) is 17.2. The van der Waals surface area contributed by atoms with E-state index < -0.39 is 22.0 Å². The summed E-state index contributed by atoms with van der Waals surface area (Å²) in [5.74, 6) is 0.353. The van der Waals surface area contributed by atoms with Crippen LogP contribution in [-0.4, -0.2) is 26.6 Å². The standard InChI is InChI=1S/C23H23FN2O4S/c1-17(23(27)25-16-18-8-10-19(24)11-9-18)26(31(2,28)29)20-12-14-22(15-13-20)30-21-6-4-3-5-7-21/h3-15,17H,16H2,1-2H3,(H,25,27)/t17-/m1/s1. The maximum Gasteiger partial charge on any atom is 0.243 e. The molecule has 162 valence electrons. The van der Waals surface area contributed by atoms with Gasteiger partial charge >= 0.3 is 0 Å². The zero-order chi connectivity index (χ0) is 22.4. The molecule has 0 aliphatic heterocycles. The van der Waals surface area contributed by atoms with E-state index >= 15 is 0 Å². The molecule has 1 atom stereocenters. The molecule has 0 spiro atoms. The number of hydrogen-bond acceptors (Lipinski definition) is 4. The van der Waals surface area contributed by atoms with Crippen molar-refractivity contribution >= 4 is 21.6 Å². The van der Waals surface area contributed by atoms with Gasteiger partial charge in [0.2, 0.25) is 15.9 Å². The second-order valence-corrected chi connectivity index (χ2v) is 8.85. The van der Waals surface area contributed by atoms with E-state index in [1.807, 2.05) is 30.3 Å². The fourth-order valence-corrected chi connectivity index (χ4v) is 4.21. The van der Waals surface area contributed by atoms with E-state index in [1.54, 1.807) is 36.4 Å². The molecule has 8 heteroatoms. The first-order valence-corrected chi connectivity index (χ1v) is 11.4. The Morgan fingerprint density at radius 1 is 0.968 bits per heavy atom. The van der Waals surface area contributed by atoms with E-state index in [4.69, 9.17) is 4.74 Å². The average molecular weight is 443 g/mol. The highest BCUT2D eigenvalue weighted by molar-refractivity contribution is 7.92. The quantitative estimate of drug-likeness (QED) is 0.570. The number of sulfonamides is 1. The number of para-hydroxylation sites is 1. The minimum absolute atomic E-state index is 0.158. The van der Waals surface area contributed by atoms with E-state index in [0.717, 1.165) is 10.6 Å². The molecular weight excluding hydrogens is 419 g/mol. The maximum atomic E-state index is 13.0. The third kappa shape index (κ3) is 6.05. The van der Waals surface area contributed by atoms with Crippen LogP contribution in [0.1, 0.15) is 12.5 Å². The maximum absolute atomic E-state index is 13.0. The number of halogens is 1. The number of nitrogens with zero attached hydrogens (tertiary/aromatic N) is 1. The summed E-state index contributed by atoms with van der Waals surface area (Å²) in [4.78, 5) is 12.6. The van der Waals surface area contributed by atoms with Crippen molar-refractivity contribution < 1.29 is 22.3 Å². The Bertz CT molecular complexity index is 1120. The minimum Gasteiger partial charge on any atom is -0.457 e. The van der Waals surface area contributed by atoms with Crippen LogP contribution < -0.4 is 14.4 Å². The molecule has 0 heterocycles. The van der Waals surface area contributed by atoms with Gasteiger partial charge in [-0.3, -0.25) is 9.10 Å². The summed E-state index contributed by atoms with van der Waals surface area (Å²) in [7, 11) is -3.74. The molecule has 0 bridgehead atoms. The molecule has 0 aliphatic rings. The van der Waals surface area contributed by atoms with Crippen LogP contribution in [0, 0.1) is 5.82 Å². The lowest BCUT2D eigenvalue weighted by Gasteiger charge is -2.28. The number of rotatable bonds is 8. The van der Waals surface area contributed by atoms with E-state index in [9.17, 15) is 17.6 Å². The predicted molar refractivity (Wildman–Crippen MR) is 118 cm³/mol. The Morgan fingerprint density at radius 2 is 1.55 bits per heavy atom. The summed E-state index contributed by atoms with van der Waals surface area (Å²) in [5, 5.41) is 2.69. The van der Waals surface area contributed by atoms with E-state index in [-0.39, 0.29) is 12.4 Å². The molecule has 1 amide bonds. The van der Waals surface area contributed by atoms with Gasteiger partial charge < -0.3 is 10.1 Å². The molecule has 1 N–H and O–H groups in total. The molecule has 3 aromatic rings. The first-order valence-electron chi connectivity index (χ1n) is 9.58. The van der Waals surface area contributed by atoms with Gasteiger partial charge in [0.25, 0.3) is 0 Å². The lowest BCUT2D eigenvalue weighted by atomic mass is 10.2. The molecule has 0 aromatic heterocycles. The lowest BCUT2D eigenvalue weighted by molar-refractivity contribution is -0.122. The van der Waals surface area contributed by atoms with Crippen molar-refractivity contribution in [3.63, 3.8) is 0 Å². The van der Waals surface area contributed by atoms with Crippen molar-refractivity contribution in [1.82, 2.24) is 5.32 Å². The normalized spacial score (nSPS) is 12.1. The Hall–Kier alpha value is -3.39. The van der Waals surface area contributed by atoms with Crippen LogP contribution in [-0.2, 0) is 21.4 Å². The Labute approximate surface area is 181 Å². The Balaban J connectivity index is 1.73. The summed E-state index contributed by atoms with van der Waals surface area (Å²) < 4.78 is 44.7. The Morgan fingerprint density at radius 3 is 2.13 bits per heavy atom. The summed E-state index contributed by atoms with van der Waals surface area (Å²) in [5.41, 5.74) is 1.04. The van der Waals surface area contributed by atoms with Crippen molar-refractivity contribution in [1.29, 1.82) is 0 Å². The monoisotopic (exact) mass is 442 g/mol. The summed E-state index contributed by atoms with van der Waals surface area (Å²) in [6, 6.07) is 20.4. The highest BCUT2D eigenvalue weighted by atomic mass is 32.2. The van der Waals surface area contributed by atoms with Crippen LogP contribution in [0.25, 0.3) is 0 Å². The molecule has 6 nitrogen and oxygen atoms in total. The summed E-state index contributed by atoms with van der Waals surface area (Å²) >= 11 is 0. The largest absolute Gasteiger partial charge is 0.457 e. The van der Waals surface area contributed by atoms with Gasteiger partial charge in [-0.1, -0.05) is 30.3 Å². The number of carbonyl (C=O) groups is 1. The van der Waals surface area contributed by atoms with Crippen LogP contribution in [0.4, 0.5) is 10.1 Å². The highest BCUT2D eigenvalue weighted by Crippen LogP contribution is 2.27. The third-order valence-corrected chi connectivity index (χ3v) is 5.78. The first-order chi connectivity index (χ1) is 14.7. The third-order valence-electron chi connectivity index (χ3n) is 4.54. The molecule has 0 unspecified atom stereocenters. The minimum atomic E-state index is -3.74. The molecule has 0 saturated carbocycles. The fraction of sp³-hybridized carbons (Fsp3) is 0.174. The van der Waals surface area contributed by atoms with Crippen LogP contribution in [0.2, 0.25) is 0 Å². The number of nitrogens with one attached hydrogen (secondary N) is 1. The molecule has 31 heavy (non-hydrogen) atoms. The fourth-order valence-electron chi connectivity index (χ4n) is 3.03. The molecule has 0 aliphatic carbocycles. The van der Waals surface area contributed by atoms with E-state index in [2.05, 4.69) is 5.32 Å². The van der Waals surface area contributed by atoms with Gasteiger partial charge in [0.05, 0.1) is 11.9 Å². The molecule has 0 radical (unpaired) electrons. The smallest absolute Gasteiger partial charge is 0.243 e. The van der Waals surface area contributed by atoms with E-state index in [0.29, 0.717) is 22.7 Å². The van der Waals surface area contributed by atoms with Gasteiger partial charge in [-0.05, 0) is 61.0 Å². The molecule has 0 saturated heterocycles. The predicted octanol–water partition coefficient (Wildman–Crippen LogP) is 4.09. The number of benzene rings is 3. The number of amides is 1. The van der Waals surface area contributed by atoms with Crippen molar-refractivity contribution in [2.24, 2.45) is 0 Å². The molecular formula is C23H23FN2O4S. The molecule has 3 rings (SSSR count).